The summed E-state index contributed by atoms with van der Waals surface area (Å²) in [5, 5.41) is 1.36. The molecule has 34 heavy (non-hydrogen) atoms. The molecule has 2 aliphatic rings. The third kappa shape index (κ3) is 3.94. The minimum absolute atomic E-state index is 0.121. The van der Waals surface area contributed by atoms with Crippen LogP contribution in [0.2, 0.25) is 5.02 Å². The molecule has 1 spiro atoms. The van der Waals surface area contributed by atoms with Crippen LogP contribution in [0.25, 0.3) is 22.6 Å². The molecule has 0 aliphatic carbocycles. The normalized spacial score (nSPS) is 19.8. The van der Waals surface area contributed by atoms with Crippen molar-refractivity contribution >= 4 is 40.3 Å². The number of hydrogen-bond donors (Lipinski definition) is 1. The van der Waals surface area contributed by atoms with Gasteiger partial charge in [-0.25, -0.2) is 15.0 Å². The molecule has 0 bridgehead atoms. The second-order valence-electron chi connectivity index (χ2n) is 8.89. The number of rotatable bonds is 4. The maximum Gasteiger partial charge on any atom is 0.228 e. The first-order valence-corrected chi connectivity index (χ1v) is 12.5. The molecule has 2 saturated heterocycles. The van der Waals surface area contributed by atoms with Crippen LogP contribution >= 0.6 is 23.4 Å². The van der Waals surface area contributed by atoms with Crippen LogP contribution in [-0.4, -0.2) is 47.3 Å². The molecule has 4 heterocycles. The molecule has 0 radical (unpaired) electrons. The van der Waals surface area contributed by atoms with Crippen LogP contribution in [0.1, 0.15) is 12.8 Å². The number of ether oxygens (including phenoxy) is 1. The van der Waals surface area contributed by atoms with Gasteiger partial charge in [-0.05, 0) is 37.1 Å². The Morgan fingerprint density at radius 2 is 1.91 bits per heavy atom. The Bertz CT molecular complexity index is 1290. The van der Waals surface area contributed by atoms with Crippen LogP contribution in [0.15, 0.2) is 69.2 Å². The predicted molar refractivity (Wildman–Crippen MR) is 133 cm³/mol. The predicted octanol–water partition coefficient (Wildman–Crippen LogP) is 5.03. The highest BCUT2D eigenvalue weighted by molar-refractivity contribution is 7.99. The number of anilines is 1. The molecule has 2 aromatic carbocycles. The van der Waals surface area contributed by atoms with Gasteiger partial charge in [0.05, 0.1) is 36.2 Å². The van der Waals surface area contributed by atoms with E-state index in [1.807, 2.05) is 48.7 Å². The number of fused-ring (bicyclic) bond motifs is 1. The monoisotopic (exact) mass is 493 g/mol. The van der Waals surface area contributed by atoms with Gasteiger partial charge in [0.2, 0.25) is 5.89 Å². The molecule has 7 nitrogen and oxygen atoms in total. The number of halogens is 1. The average molecular weight is 494 g/mol. The number of nitrogens with zero attached hydrogens (tertiary/aromatic N) is 4. The molecule has 2 N–H and O–H groups in total. The zero-order chi connectivity index (χ0) is 23.1. The van der Waals surface area contributed by atoms with E-state index in [4.69, 9.17) is 26.5 Å². The fraction of sp³-hybridized carbons (Fsp3) is 0.320. The Labute approximate surface area is 206 Å². The number of para-hydroxylation sites is 2. The van der Waals surface area contributed by atoms with Crippen molar-refractivity contribution in [3.8, 4) is 11.5 Å². The van der Waals surface area contributed by atoms with E-state index in [-0.39, 0.29) is 11.5 Å². The Kier molecular flexibility index (Phi) is 5.69. The van der Waals surface area contributed by atoms with Crippen molar-refractivity contribution in [3.05, 3.63) is 59.9 Å². The second-order valence-corrected chi connectivity index (χ2v) is 10.3. The summed E-state index contributed by atoms with van der Waals surface area (Å²) in [6.45, 7) is 3.27. The summed E-state index contributed by atoms with van der Waals surface area (Å²) in [4.78, 5) is 17.0. The first-order valence-electron chi connectivity index (χ1n) is 11.3. The maximum atomic E-state index is 6.75. The minimum Gasteiger partial charge on any atom is -0.436 e. The number of aromatic nitrogens is 3. The van der Waals surface area contributed by atoms with E-state index >= 15 is 0 Å². The minimum atomic E-state index is 0.121. The van der Waals surface area contributed by atoms with Crippen molar-refractivity contribution in [2.75, 3.05) is 31.2 Å². The molecule has 4 aromatic rings. The van der Waals surface area contributed by atoms with E-state index in [9.17, 15) is 0 Å². The number of nitrogens with two attached hydrogens (primary N) is 1. The van der Waals surface area contributed by atoms with Gasteiger partial charge < -0.3 is 19.8 Å². The maximum absolute atomic E-state index is 6.75. The summed E-state index contributed by atoms with van der Waals surface area (Å²) in [6.07, 6.45) is 5.68. The summed E-state index contributed by atoms with van der Waals surface area (Å²) >= 11 is 8.22. The Balaban J connectivity index is 1.17. The summed E-state index contributed by atoms with van der Waals surface area (Å²) in [5.41, 5.74) is 8.72. The van der Waals surface area contributed by atoms with E-state index in [0.29, 0.717) is 17.5 Å². The molecule has 2 aromatic heterocycles. The molecule has 9 heteroatoms. The highest BCUT2D eigenvalue weighted by Crippen LogP contribution is 2.41. The molecular formula is C25H24ClN5O2S. The molecule has 174 valence electrons. The molecule has 0 saturated carbocycles. The standard InChI is InChI=1S/C25H24ClN5O2S/c26-23-16(24-30-17-5-1-2-6-18(17)33-24)4-3-7-19(23)34-22-13-28-21(12-29-22)31-10-8-25(9-11-31)15-32-14-20(25)27/h1-7,12-13,20H,8-11,14-15,27H2/t20-/m1/s1. The molecule has 0 unspecified atom stereocenters. The van der Waals surface area contributed by atoms with Crippen LogP contribution < -0.4 is 10.6 Å². The summed E-state index contributed by atoms with van der Waals surface area (Å²) < 4.78 is 11.5. The number of benzene rings is 2. The van der Waals surface area contributed by atoms with E-state index in [1.54, 1.807) is 6.20 Å². The van der Waals surface area contributed by atoms with Gasteiger partial charge in [0.1, 0.15) is 16.4 Å². The van der Waals surface area contributed by atoms with E-state index < -0.39 is 0 Å². The number of piperidine rings is 1. The molecule has 6 rings (SSSR count). The topological polar surface area (TPSA) is 90.3 Å². The second kappa shape index (κ2) is 8.85. The van der Waals surface area contributed by atoms with Crippen molar-refractivity contribution in [1.82, 2.24) is 15.0 Å². The number of oxazole rings is 1. The molecule has 2 fully saturated rings. The molecule has 1 atom stereocenters. The highest BCUT2D eigenvalue weighted by atomic mass is 35.5. The molecule has 2 aliphatic heterocycles. The molecular weight excluding hydrogens is 470 g/mol. The Morgan fingerprint density at radius 1 is 1.06 bits per heavy atom. The van der Waals surface area contributed by atoms with Crippen molar-refractivity contribution in [1.29, 1.82) is 0 Å². The van der Waals surface area contributed by atoms with Crippen molar-refractivity contribution in [2.24, 2.45) is 11.1 Å². The third-order valence-electron chi connectivity index (χ3n) is 6.87. The quantitative estimate of drug-likeness (QED) is 0.423. The average Bonchev–Trinajstić information content (AvgIpc) is 3.45. The highest BCUT2D eigenvalue weighted by Gasteiger charge is 2.44. The van der Waals surface area contributed by atoms with E-state index in [2.05, 4.69) is 19.9 Å². The SMILES string of the molecule is N[C@@H]1COCC12CCN(c1cnc(Sc3cccc(-c4nc5ccccc5o4)c3Cl)cn1)CC2. The first kappa shape index (κ1) is 21.9. The lowest BCUT2D eigenvalue weighted by atomic mass is 9.75. The van der Waals surface area contributed by atoms with E-state index in [1.165, 1.54) is 11.8 Å². The largest absolute Gasteiger partial charge is 0.436 e. The smallest absolute Gasteiger partial charge is 0.228 e. The summed E-state index contributed by atoms with van der Waals surface area (Å²) in [7, 11) is 0. The molecule has 0 amide bonds. The van der Waals surface area contributed by atoms with Crippen LogP contribution in [-0.2, 0) is 4.74 Å². The Hall–Kier alpha value is -2.65. The lowest BCUT2D eigenvalue weighted by Gasteiger charge is -2.41. The van der Waals surface area contributed by atoms with Gasteiger partial charge in [-0.15, -0.1) is 0 Å². The van der Waals surface area contributed by atoms with Gasteiger partial charge in [-0.1, -0.05) is 41.6 Å². The van der Waals surface area contributed by atoms with E-state index in [0.717, 1.165) is 64.9 Å². The first-order chi connectivity index (χ1) is 16.6. The van der Waals surface area contributed by atoms with Crippen LogP contribution in [0.4, 0.5) is 5.82 Å². The third-order valence-corrected chi connectivity index (χ3v) is 8.37. The van der Waals surface area contributed by atoms with Gasteiger partial charge in [0, 0.05) is 29.4 Å². The van der Waals surface area contributed by atoms with Crippen molar-refractivity contribution < 1.29 is 9.15 Å². The van der Waals surface area contributed by atoms with Crippen LogP contribution in [0, 0.1) is 5.41 Å². The van der Waals surface area contributed by atoms with Crippen molar-refractivity contribution in [3.63, 3.8) is 0 Å². The van der Waals surface area contributed by atoms with Crippen molar-refractivity contribution in [2.45, 2.75) is 28.8 Å². The lowest BCUT2D eigenvalue weighted by Crippen LogP contribution is -2.49. The fourth-order valence-corrected chi connectivity index (χ4v) is 5.85. The number of hydrogen-bond acceptors (Lipinski definition) is 8. The van der Waals surface area contributed by atoms with Gasteiger partial charge in [-0.2, -0.15) is 0 Å². The summed E-state index contributed by atoms with van der Waals surface area (Å²) in [6, 6.07) is 13.6. The van der Waals surface area contributed by atoms with Gasteiger partial charge in [0.15, 0.2) is 5.58 Å². The Morgan fingerprint density at radius 3 is 2.65 bits per heavy atom. The zero-order valence-corrected chi connectivity index (χ0v) is 20.1. The van der Waals surface area contributed by atoms with Gasteiger partial charge >= 0.3 is 0 Å². The van der Waals surface area contributed by atoms with Gasteiger partial charge in [0.25, 0.3) is 0 Å². The summed E-state index contributed by atoms with van der Waals surface area (Å²) in [5.74, 6) is 1.39. The fourth-order valence-electron chi connectivity index (χ4n) is 4.75. The van der Waals surface area contributed by atoms with Crippen LogP contribution in [0.5, 0.6) is 0 Å². The lowest BCUT2D eigenvalue weighted by molar-refractivity contribution is 0.131. The van der Waals surface area contributed by atoms with Gasteiger partial charge in [-0.3, -0.25) is 0 Å². The van der Waals surface area contributed by atoms with Crippen LogP contribution in [0.3, 0.4) is 0 Å². The zero-order valence-electron chi connectivity index (χ0n) is 18.5.